The lowest BCUT2D eigenvalue weighted by atomic mass is 10.1. The second-order valence-corrected chi connectivity index (χ2v) is 8.06. The number of para-hydroxylation sites is 1. The maximum atomic E-state index is 13.7. The topological polar surface area (TPSA) is 25.2 Å². The summed E-state index contributed by atoms with van der Waals surface area (Å²) >= 11 is 8.61. The minimum atomic E-state index is -0.339. The molecule has 2 nitrogen and oxygen atoms in total. The fourth-order valence-corrected chi connectivity index (χ4v) is 5.09. The molecule has 0 aliphatic rings. The van der Waals surface area contributed by atoms with Gasteiger partial charge < -0.3 is 9.73 Å². The third kappa shape index (κ3) is 2.45. The molecule has 2 heterocycles. The molecule has 1 N–H and O–H groups in total. The van der Waals surface area contributed by atoms with Crippen LogP contribution in [0, 0.1) is 5.82 Å². The van der Waals surface area contributed by atoms with E-state index in [0.29, 0.717) is 11.3 Å². The SMILES string of the molecule is CNC(c1cc2cccc(F)c2o1)c1cc(Br)sc1Br. The van der Waals surface area contributed by atoms with Crippen molar-refractivity contribution in [2.75, 3.05) is 7.05 Å². The molecule has 0 radical (unpaired) electrons. The van der Waals surface area contributed by atoms with Crippen LogP contribution in [0.5, 0.6) is 0 Å². The quantitative estimate of drug-likeness (QED) is 0.610. The molecule has 0 bridgehead atoms. The number of benzene rings is 1. The van der Waals surface area contributed by atoms with E-state index in [4.69, 9.17) is 4.42 Å². The summed E-state index contributed by atoms with van der Waals surface area (Å²) in [6, 6.07) is 8.70. The van der Waals surface area contributed by atoms with E-state index in [9.17, 15) is 4.39 Å². The highest BCUT2D eigenvalue weighted by molar-refractivity contribution is 9.12. The van der Waals surface area contributed by atoms with Crippen molar-refractivity contribution in [2.45, 2.75) is 6.04 Å². The zero-order valence-corrected chi connectivity index (χ0v) is 14.4. The highest BCUT2D eigenvalue weighted by Gasteiger charge is 2.22. The van der Waals surface area contributed by atoms with Gasteiger partial charge in [0, 0.05) is 10.9 Å². The van der Waals surface area contributed by atoms with Crippen molar-refractivity contribution in [1.29, 1.82) is 0 Å². The van der Waals surface area contributed by atoms with Crippen LogP contribution in [-0.4, -0.2) is 7.05 Å². The standard InChI is InChI=1S/C14H10Br2FNOS/c1-18-12(8-6-11(15)20-14(8)16)10-5-7-3-2-4-9(17)13(7)19-10/h2-6,12,18H,1H3. The van der Waals surface area contributed by atoms with Crippen molar-refractivity contribution in [3.63, 3.8) is 0 Å². The highest BCUT2D eigenvalue weighted by atomic mass is 79.9. The van der Waals surface area contributed by atoms with Crippen molar-refractivity contribution < 1.29 is 8.81 Å². The van der Waals surface area contributed by atoms with Crippen molar-refractivity contribution in [1.82, 2.24) is 5.32 Å². The van der Waals surface area contributed by atoms with Crippen LogP contribution in [-0.2, 0) is 0 Å². The molecule has 0 fully saturated rings. The monoisotopic (exact) mass is 417 g/mol. The van der Waals surface area contributed by atoms with E-state index in [1.54, 1.807) is 17.4 Å². The summed E-state index contributed by atoms with van der Waals surface area (Å²) in [6.45, 7) is 0. The van der Waals surface area contributed by atoms with E-state index in [1.165, 1.54) is 6.07 Å². The van der Waals surface area contributed by atoms with Crippen molar-refractivity contribution in [3.8, 4) is 0 Å². The van der Waals surface area contributed by atoms with E-state index in [2.05, 4.69) is 37.2 Å². The molecule has 0 amide bonds. The summed E-state index contributed by atoms with van der Waals surface area (Å²) in [5.41, 5.74) is 1.36. The summed E-state index contributed by atoms with van der Waals surface area (Å²) in [6.07, 6.45) is 0. The van der Waals surface area contributed by atoms with Crippen molar-refractivity contribution in [3.05, 3.63) is 55.0 Å². The van der Waals surface area contributed by atoms with Crippen molar-refractivity contribution in [2.24, 2.45) is 0 Å². The number of nitrogens with one attached hydrogen (secondary N) is 1. The van der Waals surface area contributed by atoms with E-state index < -0.39 is 0 Å². The molecule has 0 saturated carbocycles. The van der Waals surface area contributed by atoms with Crippen molar-refractivity contribution >= 4 is 54.2 Å². The van der Waals surface area contributed by atoms with Gasteiger partial charge in [-0.3, -0.25) is 0 Å². The largest absolute Gasteiger partial charge is 0.456 e. The smallest absolute Gasteiger partial charge is 0.169 e. The molecule has 1 aromatic carbocycles. The van der Waals surface area contributed by atoms with Gasteiger partial charge in [0.25, 0.3) is 0 Å². The maximum absolute atomic E-state index is 13.7. The third-order valence-corrected chi connectivity index (χ3v) is 5.47. The Morgan fingerprint density at radius 3 is 2.70 bits per heavy atom. The molecular weight excluding hydrogens is 409 g/mol. The molecule has 1 unspecified atom stereocenters. The Labute approximate surface area is 136 Å². The summed E-state index contributed by atoms with van der Waals surface area (Å²) in [4.78, 5) is 0. The highest BCUT2D eigenvalue weighted by Crippen LogP contribution is 2.39. The summed E-state index contributed by atoms with van der Waals surface area (Å²) in [5.74, 6) is 0.354. The summed E-state index contributed by atoms with van der Waals surface area (Å²) in [5, 5.41) is 3.98. The summed E-state index contributed by atoms with van der Waals surface area (Å²) in [7, 11) is 1.85. The van der Waals surface area contributed by atoms with Gasteiger partial charge in [-0.05, 0) is 57.1 Å². The second-order valence-electron chi connectivity index (χ2n) is 4.31. The molecule has 2 aromatic heterocycles. The molecule has 104 valence electrons. The lowest BCUT2D eigenvalue weighted by Gasteiger charge is -2.12. The zero-order chi connectivity index (χ0) is 14.3. The van der Waals surface area contributed by atoms with Crippen LogP contribution >= 0.6 is 43.2 Å². The minimum Gasteiger partial charge on any atom is -0.456 e. The Bertz CT molecular complexity index is 768. The number of thiophene rings is 1. The zero-order valence-electron chi connectivity index (χ0n) is 10.4. The summed E-state index contributed by atoms with van der Waals surface area (Å²) < 4.78 is 21.5. The molecule has 0 aliphatic heterocycles. The van der Waals surface area contributed by atoms with Gasteiger partial charge >= 0.3 is 0 Å². The molecule has 20 heavy (non-hydrogen) atoms. The number of hydrogen-bond donors (Lipinski definition) is 1. The van der Waals surface area contributed by atoms with Crippen LogP contribution in [0.1, 0.15) is 17.4 Å². The van der Waals surface area contributed by atoms with E-state index in [-0.39, 0.29) is 11.9 Å². The van der Waals surface area contributed by atoms with Crippen LogP contribution < -0.4 is 5.32 Å². The minimum absolute atomic E-state index is 0.126. The Morgan fingerprint density at radius 1 is 1.30 bits per heavy atom. The average molecular weight is 419 g/mol. The number of rotatable bonds is 3. The normalized spacial score (nSPS) is 13.0. The fraction of sp³-hybridized carbons (Fsp3) is 0.143. The Kier molecular flexibility index (Phi) is 3.99. The Hall–Kier alpha value is -0.690. The number of halogens is 3. The van der Waals surface area contributed by atoms with Gasteiger partial charge in [-0.15, -0.1) is 11.3 Å². The first-order valence-electron chi connectivity index (χ1n) is 5.90. The lowest BCUT2D eigenvalue weighted by Crippen LogP contribution is -2.16. The molecular formula is C14H10Br2FNOS. The molecule has 1 atom stereocenters. The molecule has 3 rings (SSSR count). The van der Waals surface area contributed by atoms with Gasteiger partial charge in [-0.25, -0.2) is 4.39 Å². The second kappa shape index (κ2) is 5.60. The predicted molar refractivity (Wildman–Crippen MR) is 86.8 cm³/mol. The third-order valence-electron chi connectivity index (χ3n) is 3.08. The van der Waals surface area contributed by atoms with E-state index in [0.717, 1.165) is 18.5 Å². The molecule has 0 saturated heterocycles. The number of hydrogen-bond acceptors (Lipinski definition) is 3. The van der Waals surface area contributed by atoms with E-state index >= 15 is 0 Å². The molecule has 0 aliphatic carbocycles. The van der Waals surface area contributed by atoms with Gasteiger partial charge in [-0.1, -0.05) is 12.1 Å². The number of furan rings is 1. The van der Waals surface area contributed by atoms with Crippen LogP contribution in [0.2, 0.25) is 0 Å². The first-order chi connectivity index (χ1) is 9.60. The van der Waals surface area contributed by atoms with E-state index in [1.807, 2.05) is 25.2 Å². The average Bonchev–Trinajstić information content (AvgIpc) is 2.96. The Morgan fingerprint density at radius 2 is 2.10 bits per heavy atom. The van der Waals surface area contributed by atoms with Gasteiger partial charge in [-0.2, -0.15) is 0 Å². The lowest BCUT2D eigenvalue weighted by molar-refractivity contribution is 0.476. The first-order valence-corrected chi connectivity index (χ1v) is 8.30. The van der Waals surface area contributed by atoms with Gasteiger partial charge in [0.15, 0.2) is 11.4 Å². The van der Waals surface area contributed by atoms with Crippen LogP contribution in [0.3, 0.4) is 0 Å². The van der Waals surface area contributed by atoms with Gasteiger partial charge in [0.05, 0.1) is 13.6 Å². The van der Waals surface area contributed by atoms with Crippen LogP contribution in [0.25, 0.3) is 11.0 Å². The molecule has 0 spiro atoms. The molecule has 6 heteroatoms. The predicted octanol–water partition coefficient (Wildman–Crippen LogP) is 5.47. The molecule has 3 aromatic rings. The van der Waals surface area contributed by atoms with Crippen LogP contribution in [0.15, 0.2) is 42.3 Å². The first kappa shape index (κ1) is 14.3. The fourth-order valence-electron chi connectivity index (χ4n) is 2.19. The number of fused-ring (bicyclic) bond motifs is 1. The van der Waals surface area contributed by atoms with Gasteiger partial charge in [0.1, 0.15) is 5.76 Å². The van der Waals surface area contributed by atoms with Gasteiger partial charge in [0.2, 0.25) is 0 Å². The maximum Gasteiger partial charge on any atom is 0.169 e. The van der Waals surface area contributed by atoms with Crippen LogP contribution in [0.4, 0.5) is 4.39 Å². The Balaban J connectivity index is 2.12.